The first-order chi connectivity index (χ1) is 3.95. The minimum absolute atomic E-state index is 0. The molecular formula is C3H8LiNO4S. The van der Waals surface area contributed by atoms with Gasteiger partial charge in [-0.15, -0.1) is 0 Å². The molecule has 10 heavy (non-hydrogen) atoms. The van der Waals surface area contributed by atoms with Gasteiger partial charge in [0.25, 0.3) is 0 Å². The molecule has 0 spiro atoms. The quantitative estimate of drug-likeness (QED) is 0.403. The maximum Gasteiger partial charge on any atom is 1.00 e. The van der Waals surface area contributed by atoms with Gasteiger partial charge in [-0.3, -0.25) is 0 Å². The number of ether oxygens (including phenoxy) is 1. The summed E-state index contributed by atoms with van der Waals surface area (Å²) in [5.74, 6) is 0. The van der Waals surface area contributed by atoms with Crippen LogP contribution in [-0.4, -0.2) is 27.9 Å². The van der Waals surface area contributed by atoms with Gasteiger partial charge in [-0.05, 0) is 0 Å². The molecule has 56 valence electrons. The maximum absolute atomic E-state index is 10.2. The molecule has 0 aliphatic carbocycles. The first-order valence-corrected chi connectivity index (χ1v) is 3.90. The third-order valence-corrected chi connectivity index (χ3v) is 0.992. The third-order valence-electron chi connectivity index (χ3n) is 0.454. The molecule has 0 aromatic heterocycles. The number of carbonyl (C=O) groups excluding carboxylic acids is 1. The van der Waals surface area contributed by atoms with Gasteiger partial charge < -0.3 is 6.16 Å². The maximum atomic E-state index is 10.2. The molecule has 0 atom stereocenters. The summed E-state index contributed by atoms with van der Waals surface area (Å²) < 4.78 is 26.0. The average Bonchev–Trinajstić information content (AvgIpc) is 1.62. The van der Waals surface area contributed by atoms with E-state index in [1.807, 2.05) is 0 Å². The molecule has 7 heteroatoms. The van der Waals surface area contributed by atoms with Crippen LogP contribution in [0.1, 0.15) is 1.43 Å². The molecule has 0 bridgehead atoms. The van der Waals surface area contributed by atoms with E-state index < -0.39 is 16.1 Å². The van der Waals surface area contributed by atoms with E-state index in [1.165, 1.54) is 0 Å². The molecule has 5 nitrogen and oxygen atoms in total. The Kier molecular flexibility index (Phi) is 5.75. The van der Waals surface area contributed by atoms with Crippen LogP contribution in [0.5, 0.6) is 0 Å². The van der Waals surface area contributed by atoms with Crippen LogP contribution in [0.25, 0.3) is 0 Å². The van der Waals surface area contributed by atoms with Gasteiger partial charge in [0.05, 0.1) is 13.4 Å². The zero-order valence-electron chi connectivity index (χ0n) is 7.04. The van der Waals surface area contributed by atoms with Gasteiger partial charge in [-0.25, -0.2) is 17.9 Å². The van der Waals surface area contributed by atoms with E-state index in [4.69, 9.17) is 0 Å². The van der Waals surface area contributed by atoms with E-state index in [0.29, 0.717) is 0 Å². The first-order valence-electron chi connectivity index (χ1n) is 2.01. The molecule has 0 heterocycles. The number of carbonyl (C=O) groups is 1. The molecule has 0 aliphatic rings. The fourth-order valence-electron chi connectivity index (χ4n) is 0.193. The van der Waals surface area contributed by atoms with E-state index >= 15 is 0 Å². The number of amides is 1. The van der Waals surface area contributed by atoms with Crippen molar-refractivity contribution in [2.24, 2.45) is 0 Å². The molecule has 1 N–H and O–H groups in total. The smallest absolute Gasteiger partial charge is 1.00 e. The Hall–Kier alpha value is -0.183. The van der Waals surface area contributed by atoms with Crippen molar-refractivity contribution in [3.05, 3.63) is 0 Å². The molecule has 0 saturated heterocycles. The van der Waals surface area contributed by atoms with Crippen LogP contribution in [0.15, 0.2) is 0 Å². The Morgan fingerprint density at radius 2 is 2.00 bits per heavy atom. The first kappa shape index (κ1) is 12.5. The average molecular weight is 161 g/mol. The summed E-state index contributed by atoms with van der Waals surface area (Å²) in [6, 6.07) is 0. The summed E-state index contributed by atoms with van der Waals surface area (Å²) in [6.07, 6.45) is -0.110. The number of sulfonamides is 1. The van der Waals surface area contributed by atoms with Crippen LogP contribution in [-0.2, 0) is 14.8 Å². The normalized spacial score (nSPS) is 9.40. The second-order valence-corrected chi connectivity index (χ2v) is 3.11. The molecule has 0 aliphatic heterocycles. The third kappa shape index (κ3) is 7.82. The van der Waals surface area contributed by atoms with E-state index in [-0.39, 0.29) is 20.3 Å². The van der Waals surface area contributed by atoms with Crippen molar-refractivity contribution < 1.29 is 38.2 Å². The Balaban J connectivity index is -0.000000320. The molecule has 0 saturated carbocycles. The molecule has 0 aromatic rings. The predicted molar refractivity (Wildman–Crippen MR) is 31.5 cm³/mol. The Labute approximate surface area is 72.8 Å². The minimum atomic E-state index is -3.46. The largest absolute Gasteiger partial charge is 1.00 e. The number of methoxy groups -OCH3 is 1. The Bertz CT molecular complexity index is 203. The van der Waals surface area contributed by atoms with Gasteiger partial charge >= 0.3 is 25.0 Å². The van der Waals surface area contributed by atoms with E-state index in [0.717, 1.165) is 13.4 Å². The van der Waals surface area contributed by atoms with Gasteiger partial charge in [0.15, 0.2) is 0 Å². The van der Waals surface area contributed by atoms with Gasteiger partial charge in [0.2, 0.25) is 10.0 Å². The number of hydrogen-bond donors (Lipinski definition) is 1. The molecular weight excluding hydrogens is 153 g/mol. The van der Waals surface area contributed by atoms with Crippen molar-refractivity contribution in [2.45, 2.75) is 0 Å². The van der Waals surface area contributed by atoms with Crippen molar-refractivity contribution in [3.63, 3.8) is 0 Å². The van der Waals surface area contributed by atoms with Crippen molar-refractivity contribution in [2.75, 3.05) is 13.4 Å². The molecule has 0 unspecified atom stereocenters. The van der Waals surface area contributed by atoms with Crippen molar-refractivity contribution in [1.29, 1.82) is 0 Å². The molecule has 0 fully saturated rings. The summed E-state index contributed by atoms with van der Waals surface area (Å²) in [6.45, 7) is 0. The summed E-state index contributed by atoms with van der Waals surface area (Å²) in [7, 11) is -2.38. The number of rotatable bonds is 1. The molecule has 0 aromatic carbocycles. The zero-order valence-corrected chi connectivity index (χ0v) is 6.86. The second-order valence-electron chi connectivity index (χ2n) is 1.37. The second kappa shape index (κ2) is 4.60. The topological polar surface area (TPSA) is 72.5 Å². The summed E-state index contributed by atoms with van der Waals surface area (Å²) in [5, 5.41) is 0. The van der Waals surface area contributed by atoms with Crippen molar-refractivity contribution in [3.8, 4) is 0 Å². The van der Waals surface area contributed by atoms with Crippen molar-refractivity contribution >= 4 is 16.1 Å². The van der Waals surface area contributed by atoms with Crippen LogP contribution >= 0.6 is 0 Å². The molecule has 0 rings (SSSR count). The van der Waals surface area contributed by atoms with Crippen LogP contribution in [0.4, 0.5) is 4.79 Å². The Morgan fingerprint density at radius 3 is 2.10 bits per heavy atom. The van der Waals surface area contributed by atoms with Crippen LogP contribution < -0.4 is 23.6 Å². The van der Waals surface area contributed by atoms with Crippen LogP contribution in [0, 0.1) is 0 Å². The van der Waals surface area contributed by atoms with Gasteiger partial charge in [0.1, 0.15) is 0 Å². The Morgan fingerprint density at radius 1 is 1.60 bits per heavy atom. The zero-order chi connectivity index (χ0) is 7.49. The molecule has 1 amide bonds. The van der Waals surface area contributed by atoms with Gasteiger partial charge in [0, 0.05) is 0 Å². The SMILES string of the molecule is COC(=O)NS(C)(=O)=O.[H-].[Li+]. The number of nitrogens with one attached hydrogen (secondary N) is 1. The fraction of sp³-hybridized carbons (Fsp3) is 0.667. The van der Waals surface area contributed by atoms with Crippen LogP contribution in [0.3, 0.4) is 0 Å². The van der Waals surface area contributed by atoms with E-state index in [9.17, 15) is 13.2 Å². The predicted octanol–water partition coefficient (Wildman–Crippen LogP) is -3.58. The monoisotopic (exact) mass is 161 g/mol. The fourth-order valence-corrected chi connectivity index (χ4v) is 0.579. The van der Waals surface area contributed by atoms with Gasteiger partial charge in [-0.1, -0.05) is 0 Å². The van der Waals surface area contributed by atoms with E-state index in [1.54, 1.807) is 4.72 Å². The number of hydrogen-bond acceptors (Lipinski definition) is 4. The minimum Gasteiger partial charge on any atom is -1.00 e. The summed E-state index contributed by atoms with van der Waals surface area (Å²) in [5.41, 5.74) is 0. The summed E-state index contributed by atoms with van der Waals surface area (Å²) >= 11 is 0. The van der Waals surface area contributed by atoms with Crippen LogP contribution in [0.2, 0.25) is 0 Å². The summed E-state index contributed by atoms with van der Waals surface area (Å²) in [4.78, 5) is 10.1. The molecule has 0 radical (unpaired) electrons. The standard InChI is InChI=1S/C3H7NO4S.Li.H/c1-8-3(5)4-9(2,6)7;;/h1-2H3,(H,4,5);;/q;+1;-1. The van der Waals surface area contributed by atoms with Crippen molar-refractivity contribution in [1.82, 2.24) is 4.72 Å². The van der Waals surface area contributed by atoms with E-state index in [2.05, 4.69) is 4.74 Å². The van der Waals surface area contributed by atoms with Gasteiger partial charge in [-0.2, -0.15) is 0 Å².